The Morgan fingerprint density at radius 3 is 2.10 bits per heavy atom. The number of nitrogens with one attached hydrogen (secondary N) is 1. The van der Waals surface area contributed by atoms with Gasteiger partial charge in [-0.2, -0.15) is 0 Å². The average Bonchev–Trinajstić information content (AvgIpc) is 3.07. The predicted octanol–water partition coefficient (Wildman–Crippen LogP) is 4.18. The van der Waals surface area contributed by atoms with Crippen molar-refractivity contribution in [3.8, 4) is 0 Å². The van der Waals surface area contributed by atoms with E-state index in [0.29, 0.717) is 17.7 Å². The summed E-state index contributed by atoms with van der Waals surface area (Å²) in [7, 11) is 0. The van der Waals surface area contributed by atoms with Crippen LogP contribution in [-0.4, -0.2) is 49.6 Å². The molecule has 0 atom stereocenters. The van der Waals surface area contributed by atoms with Crippen molar-refractivity contribution in [3.63, 3.8) is 0 Å². The lowest BCUT2D eigenvalue weighted by Gasteiger charge is -2.38. The highest BCUT2D eigenvalue weighted by molar-refractivity contribution is 6.21. The molecule has 1 saturated heterocycles. The van der Waals surface area contributed by atoms with Gasteiger partial charge in [0.25, 0.3) is 11.8 Å². The highest BCUT2D eigenvalue weighted by atomic mass is 16.5. The van der Waals surface area contributed by atoms with E-state index in [2.05, 4.69) is 35.6 Å². The van der Waals surface area contributed by atoms with Crippen molar-refractivity contribution >= 4 is 11.8 Å². The van der Waals surface area contributed by atoms with Crippen molar-refractivity contribution in [2.75, 3.05) is 32.8 Å². The van der Waals surface area contributed by atoms with Crippen LogP contribution in [0.3, 0.4) is 0 Å². The molecule has 5 heteroatoms. The molecule has 2 aromatic carbocycles. The molecule has 4 rings (SSSR count). The van der Waals surface area contributed by atoms with Crippen LogP contribution in [0.4, 0.5) is 0 Å². The smallest absolute Gasteiger partial charge is 0.261 e. The van der Waals surface area contributed by atoms with Gasteiger partial charge in [0, 0.05) is 31.7 Å². The highest BCUT2D eigenvalue weighted by Gasteiger charge is 2.35. The van der Waals surface area contributed by atoms with Gasteiger partial charge in [0.1, 0.15) is 0 Å². The van der Waals surface area contributed by atoms with Crippen LogP contribution in [0.2, 0.25) is 0 Å². The van der Waals surface area contributed by atoms with Crippen molar-refractivity contribution in [2.24, 2.45) is 0 Å². The topological polar surface area (TPSA) is 58.6 Å². The fraction of sp³-hybridized carbons (Fsp3) is 0.462. The molecule has 0 unspecified atom stereocenters. The van der Waals surface area contributed by atoms with Crippen LogP contribution >= 0.6 is 0 Å². The first-order valence-corrected chi connectivity index (χ1v) is 11.5. The molecule has 5 nitrogen and oxygen atoms in total. The number of fused-ring (bicyclic) bond motifs is 1. The molecule has 2 aliphatic heterocycles. The minimum atomic E-state index is -0.148. The van der Waals surface area contributed by atoms with Crippen LogP contribution in [-0.2, 0) is 10.2 Å². The molecule has 2 amide bonds. The molecule has 0 aromatic heterocycles. The van der Waals surface area contributed by atoms with E-state index in [1.807, 2.05) is 12.1 Å². The van der Waals surface area contributed by atoms with E-state index in [-0.39, 0.29) is 17.2 Å². The molecule has 1 fully saturated rings. The fourth-order valence-corrected chi connectivity index (χ4v) is 4.76. The second-order valence-corrected chi connectivity index (χ2v) is 8.66. The van der Waals surface area contributed by atoms with Crippen LogP contribution in [0.15, 0.2) is 54.6 Å². The lowest BCUT2D eigenvalue weighted by atomic mass is 9.74. The zero-order valence-electron chi connectivity index (χ0n) is 18.1. The average molecular weight is 421 g/mol. The Hall–Kier alpha value is -2.50. The Balaban J connectivity index is 1.15. The van der Waals surface area contributed by atoms with E-state index in [1.54, 1.807) is 12.1 Å². The third-order valence-corrected chi connectivity index (χ3v) is 6.66. The Morgan fingerprint density at radius 2 is 1.42 bits per heavy atom. The zero-order valence-corrected chi connectivity index (χ0v) is 18.1. The molecule has 0 saturated carbocycles. The maximum atomic E-state index is 12.4. The number of ether oxygens (including phenoxy) is 1. The second kappa shape index (κ2) is 10.2. The molecule has 0 radical (unpaired) electrons. The van der Waals surface area contributed by atoms with Crippen molar-refractivity contribution in [3.05, 3.63) is 71.3 Å². The third-order valence-electron chi connectivity index (χ3n) is 6.66. The molecule has 0 bridgehead atoms. The first kappa shape index (κ1) is 21.7. The Labute approximate surface area is 184 Å². The van der Waals surface area contributed by atoms with Gasteiger partial charge in [-0.1, -0.05) is 55.3 Å². The predicted molar refractivity (Wildman–Crippen MR) is 121 cm³/mol. The molecular weight excluding hydrogens is 388 g/mol. The number of carbonyl (C=O) groups excluding carboxylic acids is 2. The van der Waals surface area contributed by atoms with Gasteiger partial charge < -0.3 is 10.1 Å². The summed E-state index contributed by atoms with van der Waals surface area (Å²) in [6.45, 7) is 4.14. The molecule has 2 aliphatic rings. The van der Waals surface area contributed by atoms with Crippen LogP contribution in [0.1, 0.15) is 64.8 Å². The number of rotatable bonds is 10. The lowest BCUT2D eigenvalue weighted by molar-refractivity contribution is 0.0499. The van der Waals surface area contributed by atoms with E-state index < -0.39 is 0 Å². The summed E-state index contributed by atoms with van der Waals surface area (Å²) in [4.78, 5) is 26.2. The highest BCUT2D eigenvalue weighted by Crippen LogP contribution is 2.34. The maximum absolute atomic E-state index is 12.4. The minimum Gasteiger partial charge on any atom is -0.381 e. The monoisotopic (exact) mass is 420 g/mol. The molecule has 0 spiro atoms. The van der Waals surface area contributed by atoms with Crippen molar-refractivity contribution < 1.29 is 14.3 Å². The van der Waals surface area contributed by atoms with E-state index in [4.69, 9.17) is 4.74 Å². The van der Waals surface area contributed by atoms with Gasteiger partial charge in [0.05, 0.1) is 11.1 Å². The van der Waals surface area contributed by atoms with Gasteiger partial charge in [-0.3, -0.25) is 14.5 Å². The summed E-state index contributed by atoms with van der Waals surface area (Å²) in [6, 6.07) is 17.9. The van der Waals surface area contributed by atoms with E-state index in [1.165, 1.54) is 10.5 Å². The standard InChI is InChI=1S/C26H32N2O3/c29-24-22-12-6-7-13-23(22)25(30)28(24)17-9-2-1-8-16-27-20-26(14-18-31-19-15-26)21-10-4-3-5-11-21/h3-7,10-13,27H,1-2,8-9,14-20H2. The van der Waals surface area contributed by atoms with Gasteiger partial charge in [0.2, 0.25) is 0 Å². The number of amides is 2. The molecule has 31 heavy (non-hydrogen) atoms. The number of unbranched alkanes of at least 4 members (excludes halogenated alkanes) is 3. The SMILES string of the molecule is O=C1c2ccccc2C(=O)N1CCCCCCNCC1(c2ccccc2)CCOCC1. The molecule has 2 heterocycles. The Morgan fingerprint density at radius 1 is 0.806 bits per heavy atom. The van der Waals surface area contributed by atoms with Crippen LogP contribution < -0.4 is 5.32 Å². The van der Waals surface area contributed by atoms with Crippen LogP contribution in [0, 0.1) is 0 Å². The quantitative estimate of drug-likeness (QED) is 0.463. The maximum Gasteiger partial charge on any atom is 0.261 e. The number of nitrogens with zero attached hydrogens (tertiary/aromatic N) is 1. The lowest BCUT2D eigenvalue weighted by Crippen LogP contribution is -2.43. The summed E-state index contributed by atoms with van der Waals surface area (Å²) in [5, 5.41) is 3.68. The summed E-state index contributed by atoms with van der Waals surface area (Å²) in [5.74, 6) is -0.296. The minimum absolute atomic E-state index is 0.148. The van der Waals surface area contributed by atoms with Crippen LogP contribution in [0.25, 0.3) is 0 Å². The first-order valence-electron chi connectivity index (χ1n) is 11.5. The molecule has 1 N–H and O–H groups in total. The second-order valence-electron chi connectivity index (χ2n) is 8.66. The fourth-order valence-electron chi connectivity index (χ4n) is 4.76. The Bertz CT molecular complexity index is 856. The van der Waals surface area contributed by atoms with Crippen LogP contribution in [0.5, 0.6) is 0 Å². The van der Waals surface area contributed by atoms with Gasteiger partial charge >= 0.3 is 0 Å². The number of carbonyl (C=O) groups is 2. The van der Waals surface area contributed by atoms with Gasteiger partial charge in [-0.05, 0) is 49.9 Å². The summed E-state index contributed by atoms with van der Waals surface area (Å²) < 4.78 is 5.62. The Kier molecular flexibility index (Phi) is 7.15. The van der Waals surface area contributed by atoms with Crippen molar-refractivity contribution in [1.29, 1.82) is 0 Å². The number of benzene rings is 2. The van der Waals surface area contributed by atoms with Gasteiger partial charge in [-0.15, -0.1) is 0 Å². The van der Waals surface area contributed by atoms with Crippen molar-refractivity contribution in [2.45, 2.75) is 43.9 Å². The molecule has 0 aliphatic carbocycles. The number of hydrogen-bond acceptors (Lipinski definition) is 4. The zero-order chi connectivity index (χ0) is 21.5. The molecule has 164 valence electrons. The summed E-state index contributed by atoms with van der Waals surface area (Å²) in [5.41, 5.74) is 2.66. The largest absolute Gasteiger partial charge is 0.381 e. The molecule has 2 aromatic rings. The van der Waals surface area contributed by atoms with E-state index in [9.17, 15) is 9.59 Å². The van der Waals surface area contributed by atoms with Crippen molar-refractivity contribution in [1.82, 2.24) is 10.2 Å². The van der Waals surface area contributed by atoms with E-state index in [0.717, 1.165) is 64.8 Å². The normalized spacial score (nSPS) is 17.7. The number of hydrogen-bond donors (Lipinski definition) is 1. The number of imide groups is 1. The third kappa shape index (κ3) is 4.89. The summed E-state index contributed by atoms with van der Waals surface area (Å²) >= 11 is 0. The van der Waals surface area contributed by atoms with Gasteiger partial charge in [0.15, 0.2) is 0 Å². The first-order chi connectivity index (χ1) is 15.2. The van der Waals surface area contributed by atoms with Gasteiger partial charge in [-0.25, -0.2) is 0 Å². The molecular formula is C26H32N2O3. The summed E-state index contributed by atoms with van der Waals surface area (Å²) in [6.07, 6.45) is 6.19. The van der Waals surface area contributed by atoms with E-state index >= 15 is 0 Å².